The van der Waals surface area contributed by atoms with Crippen LogP contribution < -0.4 is 0 Å². The van der Waals surface area contributed by atoms with Gasteiger partial charge in [0.15, 0.2) is 0 Å². The lowest BCUT2D eigenvalue weighted by molar-refractivity contribution is -0.0372. The Labute approximate surface area is 95.3 Å². The highest BCUT2D eigenvalue weighted by atomic mass is 16.5. The zero-order chi connectivity index (χ0) is 11.9. The number of hydrogen-bond acceptors (Lipinski definition) is 2. The standard InChI is InChI=1S/C13H28O2/c1-7-8-9-12(15-6)11(10-14-5)13(2,3)4/h11-12H,7-10H2,1-6H3. The molecule has 0 fully saturated rings. The fourth-order valence-corrected chi connectivity index (χ4v) is 1.98. The highest BCUT2D eigenvalue weighted by Gasteiger charge is 2.31. The molecule has 0 N–H and O–H groups in total. The molecule has 0 amide bonds. The number of ether oxygens (including phenoxy) is 2. The fraction of sp³-hybridized carbons (Fsp3) is 1.00. The molecule has 0 aliphatic rings. The smallest absolute Gasteiger partial charge is 0.0626 e. The molecule has 0 aromatic carbocycles. The lowest BCUT2D eigenvalue weighted by Crippen LogP contribution is -2.36. The molecule has 0 aliphatic carbocycles. The molecule has 0 aliphatic heterocycles. The summed E-state index contributed by atoms with van der Waals surface area (Å²) < 4.78 is 10.9. The molecule has 0 saturated heterocycles. The van der Waals surface area contributed by atoms with Gasteiger partial charge in [0.25, 0.3) is 0 Å². The van der Waals surface area contributed by atoms with E-state index in [0.717, 1.165) is 13.0 Å². The molecule has 2 nitrogen and oxygen atoms in total. The van der Waals surface area contributed by atoms with Crippen molar-refractivity contribution in [3.63, 3.8) is 0 Å². The van der Waals surface area contributed by atoms with Gasteiger partial charge in [-0.1, -0.05) is 40.5 Å². The van der Waals surface area contributed by atoms with Crippen LogP contribution in [0.2, 0.25) is 0 Å². The minimum absolute atomic E-state index is 0.241. The quantitative estimate of drug-likeness (QED) is 0.648. The van der Waals surface area contributed by atoms with Crippen molar-refractivity contribution >= 4 is 0 Å². The molecule has 0 aromatic heterocycles. The summed E-state index contributed by atoms with van der Waals surface area (Å²) in [7, 11) is 3.58. The van der Waals surface area contributed by atoms with Crippen molar-refractivity contribution in [1.82, 2.24) is 0 Å². The van der Waals surface area contributed by atoms with Crippen LogP contribution >= 0.6 is 0 Å². The monoisotopic (exact) mass is 216 g/mol. The average Bonchev–Trinajstić information content (AvgIpc) is 2.15. The Morgan fingerprint density at radius 2 is 1.73 bits per heavy atom. The van der Waals surface area contributed by atoms with Crippen LogP contribution in [-0.2, 0) is 9.47 Å². The maximum Gasteiger partial charge on any atom is 0.0626 e. The topological polar surface area (TPSA) is 18.5 Å². The summed E-state index contributed by atoms with van der Waals surface area (Å²) >= 11 is 0. The van der Waals surface area contributed by atoms with Gasteiger partial charge in [-0.25, -0.2) is 0 Å². The third-order valence-corrected chi connectivity index (χ3v) is 3.05. The lowest BCUT2D eigenvalue weighted by Gasteiger charge is -2.36. The number of hydrogen-bond donors (Lipinski definition) is 0. The number of rotatable bonds is 7. The van der Waals surface area contributed by atoms with E-state index in [-0.39, 0.29) is 5.41 Å². The molecule has 2 unspecified atom stereocenters. The third kappa shape index (κ3) is 5.53. The normalized spacial score (nSPS) is 16.4. The Morgan fingerprint density at radius 1 is 1.13 bits per heavy atom. The van der Waals surface area contributed by atoms with Gasteiger partial charge in [-0.2, -0.15) is 0 Å². The fourth-order valence-electron chi connectivity index (χ4n) is 1.98. The second-order valence-electron chi connectivity index (χ2n) is 5.34. The van der Waals surface area contributed by atoms with E-state index in [1.54, 1.807) is 7.11 Å². The zero-order valence-electron chi connectivity index (χ0n) is 11.3. The number of unbranched alkanes of at least 4 members (excludes halogenated alkanes) is 1. The number of methoxy groups -OCH3 is 2. The van der Waals surface area contributed by atoms with Gasteiger partial charge in [-0.3, -0.25) is 0 Å². The summed E-state index contributed by atoms with van der Waals surface area (Å²) in [6, 6.07) is 0. The predicted molar refractivity (Wildman–Crippen MR) is 65.1 cm³/mol. The molecule has 0 bridgehead atoms. The Kier molecular flexibility index (Phi) is 7.20. The molecular weight excluding hydrogens is 188 g/mol. The molecule has 2 atom stereocenters. The highest BCUT2D eigenvalue weighted by molar-refractivity contribution is 4.81. The SMILES string of the molecule is CCCCC(OC)C(COC)C(C)(C)C. The van der Waals surface area contributed by atoms with Crippen LogP contribution in [0.15, 0.2) is 0 Å². The van der Waals surface area contributed by atoms with Crippen LogP contribution in [0.3, 0.4) is 0 Å². The second kappa shape index (κ2) is 7.24. The van der Waals surface area contributed by atoms with Gasteiger partial charge < -0.3 is 9.47 Å². The molecule has 0 rings (SSSR count). The molecule has 0 spiro atoms. The van der Waals surface area contributed by atoms with Crippen molar-refractivity contribution in [2.45, 2.75) is 53.1 Å². The Balaban J connectivity index is 4.40. The first kappa shape index (κ1) is 14.9. The van der Waals surface area contributed by atoms with Gasteiger partial charge in [-0.15, -0.1) is 0 Å². The van der Waals surface area contributed by atoms with E-state index in [0.29, 0.717) is 12.0 Å². The van der Waals surface area contributed by atoms with Crippen LogP contribution in [0, 0.1) is 11.3 Å². The van der Waals surface area contributed by atoms with E-state index in [1.165, 1.54) is 12.8 Å². The first-order valence-corrected chi connectivity index (χ1v) is 5.99. The van der Waals surface area contributed by atoms with Gasteiger partial charge >= 0.3 is 0 Å². The average molecular weight is 216 g/mol. The van der Waals surface area contributed by atoms with E-state index < -0.39 is 0 Å². The maximum atomic E-state index is 5.61. The molecule has 92 valence electrons. The van der Waals surface area contributed by atoms with Gasteiger partial charge in [0, 0.05) is 20.1 Å². The molecule has 0 saturated carbocycles. The summed E-state index contributed by atoms with van der Waals surface area (Å²) in [4.78, 5) is 0. The predicted octanol–water partition coefficient (Wildman–Crippen LogP) is 3.50. The van der Waals surface area contributed by atoms with Crippen LogP contribution in [0.25, 0.3) is 0 Å². The van der Waals surface area contributed by atoms with Crippen molar-refractivity contribution in [2.24, 2.45) is 11.3 Å². The minimum atomic E-state index is 0.241. The van der Waals surface area contributed by atoms with Crippen molar-refractivity contribution < 1.29 is 9.47 Å². The first-order chi connectivity index (χ1) is 6.97. The van der Waals surface area contributed by atoms with Crippen LogP contribution in [-0.4, -0.2) is 26.9 Å². The van der Waals surface area contributed by atoms with E-state index in [9.17, 15) is 0 Å². The molecule has 0 aromatic rings. The van der Waals surface area contributed by atoms with E-state index in [4.69, 9.17) is 9.47 Å². The molecule has 0 radical (unpaired) electrons. The maximum absolute atomic E-state index is 5.61. The summed E-state index contributed by atoms with van der Waals surface area (Å²) in [5, 5.41) is 0. The van der Waals surface area contributed by atoms with Gasteiger partial charge in [0.05, 0.1) is 12.7 Å². The van der Waals surface area contributed by atoms with Crippen molar-refractivity contribution in [1.29, 1.82) is 0 Å². The van der Waals surface area contributed by atoms with E-state index in [1.807, 2.05) is 7.11 Å². The summed E-state index contributed by atoms with van der Waals surface area (Å²) in [5.41, 5.74) is 0.241. The summed E-state index contributed by atoms with van der Waals surface area (Å²) in [6.07, 6.45) is 3.92. The molecule has 0 heterocycles. The minimum Gasteiger partial charge on any atom is -0.384 e. The largest absolute Gasteiger partial charge is 0.384 e. The highest BCUT2D eigenvalue weighted by Crippen LogP contribution is 2.32. The van der Waals surface area contributed by atoms with Crippen LogP contribution in [0.5, 0.6) is 0 Å². The van der Waals surface area contributed by atoms with Gasteiger partial charge in [0.1, 0.15) is 0 Å². The third-order valence-electron chi connectivity index (χ3n) is 3.05. The van der Waals surface area contributed by atoms with E-state index >= 15 is 0 Å². The van der Waals surface area contributed by atoms with Gasteiger partial charge in [-0.05, 0) is 11.8 Å². The molecular formula is C13H28O2. The van der Waals surface area contributed by atoms with Crippen molar-refractivity contribution in [3.8, 4) is 0 Å². The van der Waals surface area contributed by atoms with Crippen molar-refractivity contribution in [3.05, 3.63) is 0 Å². The summed E-state index contributed by atoms with van der Waals surface area (Å²) in [6.45, 7) is 9.78. The van der Waals surface area contributed by atoms with Gasteiger partial charge in [0.2, 0.25) is 0 Å². The first-order valence-electron chi connectivity index (χ1n) is 5.99. The van der Waals surface area contributed by atoms with Crippen molar-refractivity contribution in [2.75, 3.05) is 20.8 Å². The Morgan fingerprint density at radius 3 is 2.07 bits per heavy atom. The van der Waals surface area contributed by atoms with Crippen LogP contribution in [0.4, 0.5) is 0 Å². The second-order valence-corrected chi connectivity index (χ2v) is 5.34. The lowest BCUT2D eigenvalue weighted by atomic mass is 9.76. The van der Waals surface area contributed by atoms with E-state index in [2.05, 4.69) is 27.7 Å². The summed E-state index contributed by atoms with van der Waals surface area (Å²) in [5.74, 6) is 0.471. The molecule has 2 heteroatoms. The zero-order valence-corrected chi connectivity index (χ0v) is 11.3. The Hall–Kier alpha value is -0.0800. The molecule has 15 heavy (non-hydrogen) atoms. The van der Waals surface area contributed by atoms with Crippen LogP contribution in [0.1, 0.15) is 47.0 Å². The Bertz CT molecular complexity index is 149.